The predicted molar refractivity (Wildman–Crippen MR) is 79.5 cm³/mol. The summed E-state index contributed by atoms with van der Waals surface area (Å²) in [7, 11) is -2.50. The topological polar surface area (TPSA) is 72.5 Å². The van der Waals surface area contributed by atoms with Crippen LogP contribution in [0.3, 0.4) is 0 Å². The van der Waals surface area contributed by atoms with Crippen molar-refractivity contribution < 1.29 is 17.9 Å². The molecule has 1 aromatic carbocycles. The molecule has 1 fully saturated rings. The van der Waals surface area contributed by atoms with Gasteiger partial charge in [-0.3, -0.25) is 0 Å². The predicted octanol–water partition coefficient (Wildman–Crippen LogP) is 2.33. The standard InChI is InChI=1S/C15H21NO4S/c1-15(2)9-8-11(10-15)16-21(18,19)13-7-5-4-6-12(13)14(17)20-3/h4-7,11,16H,8-10H2,1-3H3. The average molecular weight is 311 g/mol. The monoisotopic (exact) mass is 311 g/mol. The number of carbonyl (C=O) groups is 1. The fourth-order valence-corrected chi connectivity index (χ4v) is 4.26. The van der Waals surface area contributed by atoms with Crippen LogP contribution < -0.4 is 4.72 Å². The number of sulfonamides is 1. The van der Waals surface area contributed by atoms with E-state index in [4.69, 9.17) is 0 Å². The van der Waals surface area contributed by atoms with Crippen LogP contribution in [0.15, 0.2) is 29.2 Å². The molecule has 2 rings (SSSR count). The maximum Gasteiger partial charge on any atom is 0.339 e. The van der Waals surface area contributed by atoms with Crippen molar-refractivity contribution in [2.45, 2.75) is 44.0 Å². The molecule has 0 bridgehead atoms. The first-order valence-electron chi connectivity index (χ1n) is 6.95. The minimum Gasteiger partial charge on any atom is -0.465 e. The van der Waals surface area contributed by atoms with Crippen LogP contribution in [-0.4, -0.2) is 27.5 Å². The Morgan fingerprint density at radius 3 is 2.57 bits per heavy atom. The molecule has 0 radical (unpaired) electrons. The third kappa shape index (κ3) is 3.63. The second-order valence-corrected chi connectivity index (χ2v) is 7.90. The molecule has 1 aliphatic carbocycles. The zero-order chi connectivity index (χ0) is 15.7. The van der Waals surface area contributed by atoms with Gasteiger partial charge in [0, 0.05) is 6.04 Å². The number of nitrogens with one attached hydrogen (secondary N) is 1. The summed E-state index contributed by atoms with van der Waals surface area (Å²) >= 11 is 0. The summed E-state index contributed by atoms with van der Waals surface area (Å²) in [6, 6.07) is 6.01. The number of carbonyl (C=O) groups excluding carboxylic acids is 1. The van der Waals surface area contributed by atoms with Crippen LogP contribution in [-0.2, 0) is 14.8 Å². The summed E-state index contributed by atoms with van der Waals surface area (Å²) in [6.07, 6.45) is 2.60. The lowest BCUT2D eigenvalue weighted by molar-refractivity contribution is 0.0596. The summed E-state index contributed by atoms with van der Waals surface area (Å²) in [6.45, 7) is 4.26. The van der Waals surface area contributed by atoms with E-state index in [1.54, 1.807) is 12.1 Å². The quantitative estimate of drug-likeness (QED) is 0.866. The van der Waals surface area contributed by atoms with Crippen molar-refractivity contribution in [1.82, 2.24) is 4.72 Å². The van der Waals surface area contributed by atoms with E-state index < -0.39 is 16.0 Å². The van der Waals surface area contributed by atoms with Crippen LogP contribution in [0, 0.1) is 5.41 Å². The average Bonchev–Trinajstić information content (AvgIpc) is 2.76. The molecule has 1 atom stereocenters. The normalized spacial score (nSPS) is 21.2. The van der Waals surface area contributed by atoms with E-state index in [1.165, 1.54) is 19.2 Å². The molecule has 0 heterocycles. The van der Waals surface area contributed by atoms with Crippen molar-refractivity contribution in [2.24, 2.45) is 5.41 Å². The van der Waals surface area contributed by atoms with E-state index in [0.717, 1.165) is 19.3 Å². The number of benzene rings is 1. The van der Waals surface area contributed by atoms with Crippen molar-refractivity contribution >= 4 is 16.0 Å². The van der Waals surface area contributed by atoms with E-state index in [1.807, 2.05) is 0 Å². The van der Waals surface area contributed by atoms with Gasteiger partial charge in [-0.1, -0.05) is 26.0 Å². The maximum absolute atomic E-state index is 12.5. The molecule has 1 unspecified atom stereocenters. The van der Waals surface area contributed by atoms with Gasteiger partial charge in [-0.25, -0.2) is 17.9 Å². The Bertz CT molecular complexity index is 637. The minimum absolute atomic E-state index is 0.0263. The summed E-state index contributed by atoms with van der Waals surface area (Å²) in [5, 5.41) is 0. The second kappa shape index (κ2) is 5.77. The first-order chi connectivity index (χ1) is 9.75. The molecule has 6 heteroatoms. The Morgan fingerprint density at radius 2 is 2.00 bits per heavy atom. The second-order valence-electron chi connectivity index (χ2n) is 6.21. The Balaban J connectivity index is 2.27. The largest absolute Gasteiger partial charge is 0.465 e. The zero-order valence-corrected chi connectivity index (χ0v) is 13.4. The molecule has 21 heavy (non-hydrogen) atoms. The highest BCUT2D eigenvalue weighted by Crippen LogP contribution is 2.37. The van der Waals surface area contributed by atoms with Crippen molar-refractivity contribution in [2.75, 3.05) is 7.11 Å². The first-order valence-corrected chi connectivity index (χ1v) is 8.43. The molecule has 0 aromatic heterocycles. The number of hydrogen-bond donors (Lipinski definition) is 1. The van der Waals surface area contributed by atoms with Gasteiger partial charge >= 0.3 is 5.97 Å². The Morgan fingerprint density at radius 1 is 1.33 bits per heavy atom. The molecule has 0 amide bonds. The molecule has 0 saturated heterocycles. The minimum atomic E-state index is -3.73. The Labute approximate surface area is 125 Å². The van der Waals surface area contributed by atoms with Crippen molar-refractivity contribution in [3.63, 3.8) is 0 Å². The third-order valence-corrected chi connectivity index (χ3v) is 5.45. The van der Waals surface area contributed by atoms with E-state index in [0.29, 0.717) is 0 Å². The van der Waals surface area contributed by atoms with E-state index >= 15 is 0 Å². The fraction of sp³-hybridized carbons (Fsp3) is 0.533. The highest BCUT2D eigenvalue weighted by molar-refractivity contribution is 7.89. The molecule has 0 spiro atoms. The lowest BCUT2D eigenvalue weighted by Crippen LogP contribution is -2.34. The van der Waals surface area contributed by atoms with Crippen LogP contribution in [0.4, 0.5) is 0 Å². The smallest absolute Gasteiger partial charge is 0.339 e. The van der Waals surface area contributed by atoms with Gasteiger partial charge in [0.15, 0.2) is 0 Å². The number of ether oxygens (including phenoxy) is 1. The van der Waals surface area contributed by atoms with Crippen molar-refractivity contribution in [3.8, 4) is 0 Å². The van der Waals surface area contributed by atoms with Gasteiger partial charge in [0.05, 0.1) is 17.6 Å². The van der Waals surface area contributed by atoms with Gasteiger partial charge in [-0.15, -0.1) is 0 Å². The molecular formula is C15H21NO4S. The molecule has 1 N–H and O–H groups in total. The zero-order valence-electron chi connectivity index (χ0n) is 12.5. The lowest BCUT2D eigenvalue weighted by atomic mass is 9.92. The van der Waals surface area contributed by atoms with Crippen molar-refractivity contribution in [1.29, 1.82) is 0 Å². The molecule has 1 aliphatic rings. The Kier molecular flexibility index (Phi) is 4.39. The van der Waals surface area contributed by atoms with Gasteiger partial charge < -0.3 is 4.74 Å². The van der Waals surface area contributed by atoms with Gasteiger partial charge in [-0.05, 0) is 36.8 Å². The SMILES string of the molecule is COC(=O)c1ccccc1S(=O)(=O)NC1CCC(C)(C)C1. The van der Waals surface area contributed by atoms with Crippen LogP contribution in [0.5, 0.6) is 0 Å². The lowest BCUT2D eigenvalue weighted by Gasteiger charge is -2.18. The van der Waals surface area contributed by atoms with E-state index in [2.05, 4.69) is 23.3 Å². The van der Waals surface area contributed by atoms with Gasteiger partial charge in [0.1, 0.15) is 0 Å². The first kappa shape index (κ1) is 16.0. The van der Waals surface area contributed by atoms with Crippen LogP contribution in [0.2, 0.25) is 0 Å². The summed E-state index contributed by atoms with van der Waals surface area (Å²) < 4.78 is 32.4. The van der Waals surface area contributed by atoms with Crippen molar-refractivity contribution in [3.05, 3.63) is 29.8 Å². The summed E-state index contributed by atoms with van der Waals surface area (Å²) in [5.74, 6) is -0.650. The van der Waals surface area contributed by atoms with Gasteiger partial charge in [0.25, 0.3) is 0 Å². The van der Waals surface area contributed by atoms with Gasteiger partial charge in [-0.2, -0.15) is 0 Å². The maximum atomic E-state index is 12.5. The van der Waals surface area contributed by atoms with Crippen LogP contribution in [0.1, 0.15) is 43.5 Å². The highest BCUT2D eigenvalue weighted by atomic mass is 32.2. The van der Waals surface area contributed by atoms with Crippen LogP contribution >= 0.6 is 0 Å². The molecule has 1 aromatic rings. The summed E-state index contributed by atoms with van der Waals surface area (Å²) in [4.78, 5) is 11.7. The molecule has 1 saturated carbocycles. The molecule has 116 valence electrons. The van der Waals surface area contributed by atoms with Crippen LogP contribution in [0.25, 0.3) is 0 Å². The van der Waals surface area contributed by atoms with Gasteiger partial charge in [0.2, 0.25) is 10.0 Å². The fourth-order valence-electron chi connectivity index (χ4n) is 2.80. The highest BCUT2D eigenvalue weighted by Gasteiger charge is 2.34. The molecule has 5 nitrogen and oxygen atoms in total. The van der Waals surface area contributed by atoms with E-state index in [9.17, 15) is 13.2 Å². The third-order valence-electron chi connectivity index (χ3n) is 3.87. The Hall–Kier alpha value is -1.40. The van der Waals surface area contributed by atoms with E-state index in [-0.39, 0.29) is 21.9 Å². The number of esters is 1. The summed E-state index contributed by atoms with van der Waals surface area (Å²) in [5.41, 5.74) is 0.208. The molecule has 0 aliphatic heterocycles. The molecular weight excluding hydrogens is 290 g/mol. The number of hydrogen-bond acceptors (Lipinski definition) is 4. The number of methoxy groups -OCH3 is 1. The number of rotatable bonds is 4.